The highest BCUT2D eigenvalue weighted by Gasteiger charge is 2.32. The van der Waals surface area contributed by atoms with Crippen molar-refractivity contribution in [3.05, 3.63) is 32.7 Å². The second kappa shape index (κ2) is 5.20. The molecule has 3 heterocycles. The average Bonchev–Trinajstić information content (AvgIpc) is 3.05. The number of nitrogens with zero attached hydrogens (tertiary/aromatic N) is 3. The van der Waals surface area contributed by atoms with E-state index in [2.05, 4.69) is 4.98 Å². The van der Waals surface area contributed by atoms with E-state index >= 15 is 0 Å². The van der Waals surface area contributed by atoms with E-state index in [0.29, 0.717) is 17.9 Å². The molecule has 0 saturated carbocycles. The summed E-state index contributed by atoms with van der Waals surface area (Å²) in [6, 6.07) is 0. The van der Waals surface area contributed by atoms with E-state index in [0.717, 1.165) is 10.6 Å². The van der Waals surface area contributed by atoms with Crippen LogP contribution in [-0.2, 0) is 4.79 Å². The number of carboxylic acid groups (broad SMARTS) is 1. The maximum absolute atomic E-state index is 12.5. The van der Waals surface area contributed by atoms with Gasteiger partial charge in [0.25, 0.3) is 11.5 Å². The van der Waals surface area contributed by atoms with Gasteiger partial charge in [-0.15, -0.1) is 11.3 Å². The first-order chi connectivity index (χ1) is 10.4. The van der Waals surface area contributed by atoms with Crippen LogP contribution in [-0.4, -0.2) is 44.4 Å². The Balaban J connectivity index is 1.99. The zero-order valence-corrected chi connectivity index (χ0v) is 13.0. The Kier molecular flexibility index (Phi) is 3.48. The summed E-state index contributed by atoms with van der Waals surface area (Å²) in [5, 5.41) is 9.00. The molecule has 1 amide bonds. The highest BCUT2D eigenvalue weighted by Crippen LogP contribution is 2.20. The molecule has 0 aromatic carbocycles. The van der Waals surface area contributed by atoms with Crippen molar-refractivity contribution in [1.82, 2.24) is 14.3 Å². The lowest BCUT2D eigenvalue weighted by molar-refractivity contribution is -0.141. The van der Waals surface area contributed by atoms with Crippen LogP contribution in [0.4, 0.5) is 0 Å². The molecule has 22 heavy (non-hydrogen) atoms. The Bertz CT molecular complexity index is 838. The van der Waals surface area contributed by atoms with E-state index in [-0.39, 0.29) is 12.1 Å². The molecule has 1 fully saturated rings. The number of amides is 1. The number of aryl methyl sites for hydroxylation is 2. The Morgan fingerprint density at radius 2 is 2.14 bits per heavy atom. The molecule has 116 valence electrons. The summed E-state index contributed by atoms with van der Waals surface area (Å²) in [5.41, 5.74) is 0.372. The fraction of sp³-hybridized carbons (Fsp3) is 0.429. The van der Waals surface area contributed by atoms with Crippen molar-refractivity contribution >= 4 is 28.2 Å². The van der Waals surface area contributed by atoms with Crippen LogP contribution in [0.15, 0.2) is 11.0 Å². The normalized spacial score (nSPS) is 18.1. The monoisotopic (exact) mass is 321 g/mol. The van der Waals surface area contributed by atoms with Crippen molar-refractivity contribution in [3.8, 4) is 0 Å². The lowest BCUT2D eigenvalue weighted by Crippen LogP contribution is -2.35. The summed E-state index contributed by atoms with van der Waals surface area (Å²) in [6.45, 7) is 4.19. The summed E-state index contributed by atoms with van der Waals surface area (Å²) in [4.78, 5) is 43.1. The second-order valence-corrected chi connectivity index (χ2v) is 6.60. The van der Waals surface area contributed by atoms with E-state index < -0.39 is 23.4 Å². The Morgan fingerprint density at radius 1 is 1.41 bits per heavy atom. The molecule has 3 rings (SSSR count). The second-order valence-electron chi connectivity index (χ2n) is 5.41. The van der Waals surface area contributed by atoms with E-state index in [1.54, 1.807) is 0 Å². The van der Waals surface area contributed by atoms with Crippen LogP contribution in [0.5, 0.6) is 0 Å². The van der Waals surface area contributed by atoms with E-state index in [1.807, 2.05) is 13.8 Å². The number of aliphatic carboxylic acids is 1. The van der Waals surface area contributed by atoms with Crippen molar-refractivity contribution in [2.24, 2.45) is 5.92 Å². The summed E-state index contributed by atoms with van der Waals surface area (Å²) < 4.78 is 1.44. The molecule has 0 radical (unpaired) electrons. The van der Waals surface area contributed by atoms with E-state index in [4.69, 9.17) is 5.11 Å². The minimum atomic E-state index is -0.912. The Labute approximate surface area is 129 Å². The number of fused-ring (bicyclic) bond motifs is 1. The van der Waals surface area contributed by atoms with Gasteiger partial charge in [0.1, 0.15) is 5.56 Å². The van der Waals surface area contributed by atoms with Gasteiger partial charge in [0.2, 0.25) is 0 Å². The average molecular weight is 321 g/mol. The highest BCUT2D eigenvalue weighted by atomic mass is 32.1. The molecule has 1 atom stereocenters. The van der Waals surface area contributed by atoms with E-state index in [9.17, 15) is 14.4 Å². The number of rotatable bonds is 2. The molecule has 1 aliphatic rings. The van der Waals surface area contributed by atoms with Gasteiger partial charge in [-0.1, -0.05) is 0 Å². The number of carbonyl (C=O) groups is 2. The molecule has 0 aliphatic carbocycles. The first-order valence-corrected chi connectivity index (χ1v) is 7.71. The zero-order chi connectivity index (χ0) is 16.0. The molecule has 7 nitrogen and oxygen atoms in total. The topological polar surface area (TPSA) is 92.0 Å². The lowest BCUT2D eigenvalue weighted by atomic mass is 10.1. The largest absolute Gasteiger partial charge is 0.481 e. The summed E-state index contributed by atoms with van der Waals surface area (Å²) >= 11 is 1.40. The first-order valence-electron chi connectivity index (χ1n) is 6.90. The molecular weight excluding hydrogens is 306 g/mol. The van der Waals surface area contributed by atoms with Crippen LogP contribution < -0.4 is 5.56 Å². The molecule has 0 bridgehead atoms. The molecule has 1 aliphatic heterocycles. The predicted octanol–water partition coefficient (Wildman–Crippen LogP) is 0.920. The Hall–Kier alpha value is -2.22. The molecule has 8 heteroatoms. The standard InChI is InChI=1S/C14H15N3O4S/c1-7-8(2)22-14-15-5-10(12(19)17(7)14)11(18)16-4-3-9(6-16)13(20)21/h5,9H,3-4,6H2,1-2H3,(H,20,21). The number of hydrogen-bond acceptors (Lipinski definition) is 5. The first kappa shape index (κ1) is 14.7. The fourth-order valence-corrected chi connectivity index (χ4v) is 3.57. The van der Waals surface area contributed by atoms with E-state index in [1.165, 1.54) is 26.8 Å². The van der Waals surface area contributed by atoms with Crippen molar-refractivity contribution in [2.45, 2.75) is 20.3 Å². The van der Waals surface area contributed by atoms with Gasteiger partial charge in [-0.3, -0.25) is 18.8 Å². The van der Waals surface area contributed by atoms with Crippen molar-refractivity contribution in [3.63, 3.8) is 0 Å². The van der Waals surface area contributed by atoms with Gasteiger partial charge in [0, 0.05) is 29.9 Å². The molecule has 1 N–H and O–H groups in total. The number of thiazole rings is 1. The molecule has 2 aromatic heterocycles. The van der Waals surface area contributed by atoms with Crippen LogP contribution in [0.2, 0.25) is 0 Å². The van der Waals surface area contributed by atoms with Crippen molar-refractivity contribution < 1.29 is 14.7 Å². The minimum Gasteiger partial charge on any atom is -0.481 e. The van der Waals surface area contributed by atoms with Crippen molar-refractivity contribution in [2.75, 3.05) is 13.1 Å². The molecular formula is C14H15N3O4S. The van der Waals surface area contributed by atoms with Gasteiger partial charge in [-0.05, 0) is 20.3 Å². The number of carboxylic acids is 1. The SMILES string of the molecule is Cc1sc2ncc(C(=O)N3CCC(C(=O)O)C3)c(=O)n2c1C. The Morgan fingerprint density at radius 3 is 2.77 bits per heavy atom. The molecule has 1 unspecified atom stereocenters. The smallest absolute Gasteiger partial charge is 0.308 e. The van der Waals surface area contributed by atoms with Crippen LogP contribution in [0.25, 0.3) is 4.96 Å². The van der Waals surface area contributed by atoms with Gasteiger partial charge in [-0.2, -0.15) is 0 Å². The number of carbonyl (C=O) groups excluding carboxylic acids is 1. The third-order valence-electron chi connectivity index (χ3n) is 4.07. The van der Waals surface area contributed by atoms with Crippen LogP contribution in [0, 0.1) is 19.8 Å². The van der Waals surface area contributed by atoms with Gasteiger partial charge < -0.3 is 10.0 Å². The quantitative estimate of drug-likeness (QED) is 0.888. The molecule has 0 spiro atoms. The summed E-state index contributed by atoms with van der Waals surface area (Å²) in [6.07, 6.45) is 1.71. The fourth-order valence-electron chi connectivity index (χ4n) is 2.64. The van der Waals surface area contributed by atoms with Gasteiger partial charge in [-0.25, -0.2) is 4.98 Å². The van der Waals surface area contributed by atoms with Crippen molar-refractivity contribution in [1.29, 1.82) is 0 Å². The lowest BCUT2D eigenvalue weighted by Gasteiger charge is -2.15. The summed E-state index contributed by atoms with van der Waals surface area (Å²) in [7, 11) is 0. The van der Waals surface area contributed by atoms with Gasteiger partial charge >= 0.3 is 5.97 Å². The van der Waals surface area contributed by atoms with Crippen LogP contribution >= 0.6 is 11.3 Å². The number of likely N-dealkylation sites (tertiary alicyclic amines) is 1. The number of hydrogen-bond donors (Lipinski definition) is 1. The maximum atomic E-state index is 12.5. The third kappa shape index (κ3) is 2.19. The predicted molar refractivity (Wildman–Crippen MR) is 80.5 cm³/mol. The number of aromatic nitrogens is 2. The van der Waals surface area contributed by atoms with Gasteiger partial charge in [0.05, 0.1) is 5.92 Å². The molecule has 1 saturated heterocycles. The zero-order valence-electron chi connectivity index (χ0n) is 12.2. The van der Waals surface area contributed by atoms with Crippen LogP contribution in [0.1, 0.15) is 27.3 Å². The summed E-state index contributed by atoms with van der Waals surface area (Å²) in [5.74, 6) is -1.92. The highest BCUT2D eigenvalue weighted by molar-refractivity contribution is 7.17. The minimum absolute atomic E-state index is 0.00978. The van der Waals surface area contributed by atoms with Gasteiger partial charge in [0.15, 0.2) is 4.96 Å². The maximum Gasteiger partial charge on any atom is 0.308 e. The van der Waals surface area contributed by atoms with Crippen LogP contribution in [0.3, 0.4) is 0 Å². The molecule has 2 aromatic rings. The third-order valence-corrected chi connectivity index (χ3v) is 5.15.